The molecule has 0 aromatic heterocycles. The maximum atomic E-state index is 11.7. The molecular formula is C26H30N2O4. The van der Waals surface area contributed by atoms with E-state index < -0.39 is 5.79 Å². The Morgan fingerprint density at radius 1 is 1.06 bits per heavy atom. The number of nitrogens with two attached hydrogens (primary N) is 1. The molecule has 2 aromatic rings. The van der Waals surface area contributed by atoms with Crippen LogP contribution in [-0.2, 0) is 20.1 Å². The zero-order valence-corrected chi connectivity index (χ0v) is 18.6. The van der Waals surface area contributed by atoms with E-state index >= 15 is 0 Å². The number of piperidine rings is 1. The summed E-state index contributed by atoms with van der Waals surface area (Å²) >= 11 is 0. The number of ketones is 1. The number of ether oxygens (including phenoxy) is 2. The number of amides is 1. The van der Waals surface area contributed by atoms with Crippen molar-refractivity contribution >= 4 is 11.7 Å². The monoisotopic (exact) mass is 434 g/mol. The van der Waals surface area contributed by atoms with Crippen molar-refractivity contribution in [2.75, 3.05) is 13.1 Å². The molecule has 2 aliphatic rings. The summed E-state index contributed by atoms with van der Waals surface area (Å²) in [6.45, 7) is 5.32. The van der Waals surface area contributed by atoms with Gasteiger partial charge >= 0.3 is 0 Å². The number of primary amides is 1. The number of carbonyl (C=O) groups excluding carboxylic acids is 2. The van der Waals surface area contributed by atoms with Crippen molar-refractivity contribution in [1.82, 2.24) is 4.90 Å². The standard InChI is InChI=1S/C26H30N2O4/c1-18(17-25(27)30)28-13-11-22(12-14-28)26(31-15-16-32-26)24-6-4-3-5-23(24)21-9-7-20(8-10-21)19(2)29/h3-10,15-16,18,22H,11-14,17H2,1-2H3,(H2,27,30). The summed E-state index contributed by atoms with van der Waals surface area (Å²) < 4.78 is 12.4. The van der Waals surface area contributed by atoms with Gasteiger partial charge in [0.05, 0.1) is 0 Å². The van der Waals surface area contributed by atoms with Crippen LogP contribution in [0.15, 0.2) is 61.1 Å². The lowest BCUT2D eigenvalue weighted by molar-refractivity contribution is -0.201. The molecule has 4 rings (SSSR count). The molecule has 168 valence electrons. The van der Waals surface area contributed by atoms with Gasteiger partial charge in [0.2, 0.25) is 5.91 Å². The minimum atomic E-state index is -0.894. The summed E-state index contributed by atoms with van der Waals surface area (Å²) in [6.07, 6.45) is 5.36. The number of benzene rings is 2. The average Bonchev–Trinajstić information content (AvgIpc) is 3.30. The number of hydrogen-bond acceptors (Lipinski definition) is 5. The third kappa shape index (κ3) is 4.28. The lowest BCUT2D eigenvalue weighted by Crippen LogP contribution is -2.47. The molecule has 2 aromatic carbocycles. The summed E-state index contributed by atoms with van der Waals surface area (Å²) in [5.41, 5.74) is 9.09. The predicted octanol–water partition coefficient (Wildman–Crippen LogP) is 4.20. The predicted molar refractivity (Wildman–Crippen MR) is 122 cm³/mol. The third-order valence-electron chi connectivity index (χ3n) is 6.63. The van der Waals surface area contributed by atoms with Crippen LogP contribution in [-0.4, -0.2) is 35.7 Å². The molecule has 6 heteroatoms. The molecule has 1 atom stereocenters. The Morgan fingerprint density at radius 3 is 2.28 bits per heavy atom. The second kappa shape index (κ2) is 9.17. The second-order valence-electron chi connectivity index (χ2n) is 8.68. The van der Waals surface area contributed by atoms with Crippen molar-refractivity contribution in [1.29, 1.82) is 0 Å². The normalized spacial score (nSPS) is 19.2. The summed E-state index contributed by atoms with van der Waals surface area (Å²) in [5, 5.41) is 0. The maximum Gasteiger partial charge on any atom is 0.280 e. The van der Waals surface area contributed by atoms with Gasteiger partial charge in [-0.3, -0.25) is 9.59 Å². The second-order valence-corrected chi connectivity index (χ2v) is 8.68. The third-order valence-corrected chi connectivity index (χ3v) is 6.63. The molecule has 0 aliphatic carbocycles. The Morgan fingerprint density at radius 2 is 1.69 bits per heavy atom. The van der Waals surface area contributed by atoms with Crippen molar-refractivity contribution in [3.8, 4) is 11.1 Å². The van der Waals surface area contributed by atoms with Crippen molar-refractivity contribution in [3.63, 3.8) is 0 Å². The van der Waals surface area contributed by atoms with E-state index in [-0.39, 0.29) is 23.7 Å². The Labute approximate surface area is 189 Å². The molecule has 32 heavy (non-hydrogen) atoms. The highest BCUT2D eigenvalue weighted by atomic mass is 16.7. The first-order chi connectivity index (χ1) is 15.4. The van der Waals surface area contributed by atoms with Gasteiger partial charge in [0.15, 0.2) is 5.78 Å². The lowest BCUT2D eigenvalue weighted by Gasteiger charge is -2.43. The average molecular weight is 435 g/mol. The zero-order chi connectivity index (χ0) is 22.7. The van der Waals surface area contributed by atoms with E-state index in [0.29, 0.717) is 12.0 Å². The Hall–Kier alpha value is -3.12. The van der Waals surface area contributed by atoms with Crippen molar-refractivity contribution < 1.29 is 19.1 Å². The molecule has 2 N–H and O–H groups in total. The lowest BCUT2D eigenvalue weighted by atomic mass is 9.80. The molecule has 1 unspecified atom stereocenters. The van der Waals surface area contributed by atoms with Gasteiger partial charge in [-0.2, -0.15) is 0 Å². The van der Waals surface area contributed by atoms with E-state index in [9.17, 15) is 9.59 Å². The van der Waals surface area contributed by atoms with Crippen LogP contribution in [0.2, 0.25) is 0 Å². The number of Topliss-reactive ketones (excluding diaryl/α,β-unsaturated/α-hetero) is 1. The fraction of sp³-hybridized carbons (Fsp3) is 0.385. The van der Waals surface area contributed by atoms with Gasteiger partial charge in [-0.15, -0.1) is 0 Å². The van der Waals surface area contributed by atoms with Crippen LogP contribution >= 0.6 is 0 Å². The molecule has 6 nitrogen and oxygen atoms in total. The van der Waals surface area contributed by atoms with Crippen molar-refractivity contribution in [3.05, 3.63) is 72.2 Å². The minimum Gasteiger partial charge on any atom is -0.452 e. The molecule has 1 saturated heterocycles. The SMILES string of the molecule is CC(=O)c1ccc(-c2ccccc2C2(C3CCN(C(C)CC(N)=O)CC3)OC=CO2)cc1. The molecule has 0 radical (unpaired) electrons. The smallest absolute Gasteiger partial charge is 0.280 e. The van der Waals surface area contributed by atoms with Crippen LogP contribution in [0, 0.1) is 5.92 Å². The highest BCUT2D eigenvalue weighted by Crippen LogP contribution is 2.47. The van der Waals surface area contributed by atoms with Gasteiger partial charge in [0.25, 0.3) is 5.79 Å². The molecule has 2 aliphatic heterocycles. The highest BCUT2D eigenvalue weighted by Gasteiger charge is 2.48. The van der Waals surface area contributed by atoms with Crippen molar-refractivity contribution in [2.45, 2.75) is 44.9 Å². The number of rotatable bonds is 7. The van der Waals surface area contributed by atoms with Gasteiger partial charge in [-0.1, -0.05) is 48.5 Å². The summed E-state index contributed by atoms with van der Waals surface area (Å²) in [6, 6.07) is 15.9. The molecule has 0 spiro atoms. The van der Waals surface area contributed by atoms with E-state index in [1.54, 1.807) is 19.4 Å². The number of hydrogen-bond donors (Lipinski definition) is 1. The van der Waals surface area contributed by atoms with E-state index in [1.165, 1.54) is 0 Å². The van der Waals surface area contributed by atoms with Gasteiger partial charge in [0, 0.05) is 29.5 Å². The van der Waals surface area contributed by atoms with Gasteiger partial charge in [-0.05, 0) is 50.9 Å². The van der Waals surface area contributed by atoms with Crippen molar-refractivity contribution in [2.24, 2.45) is 11.7 Å². The molecular weight excluding hydrogens is 404 g/mol. The van der Waals surface area contributed by atoms with Gasteiger partial charge < -0.3 is 20.1 Å². The summed E-state index contributed by atoms with van der Waals surface area (Å²) in [4.78, 5) is 25.3. The maximum absolute atomic E-state index is 11.7. The van der Waals surface area contributed by atoms with E-state index in [4.69, 9.17) is 15.2 Å². The molecule has 2 heterocycles. The molecule has 0 bridgehead atoms. The Balaban J connectivity index is 1.61. The van der Waals surface area contributed by atoms with Crippen LogP contribution in [0.1, 0.15) is 49.0 Å². The first-order valence-corrected chi connectivity index (χ1v) is 11.1. The Bertz CT molecular complexity index is 999. The van der Waals surface area contributed by atoms with Crippen LogP contribution in [0.5, 0.6) is 0 Å². The van der Waals surface area contributed by atoms with E-state index in [2.05, 4.69) is 17.0 Å². The number of carbonyl (C=O) groups is 2. The fourth-order valence-corrected chi connectivity index (χ4v) is 4.89. The number of likely N-dealkylation sites (tertiary alicyclic amines) is 1. The Kier molecular flexibility index (Phi) is 6.33. The van der Waals surface area contributed by atoms with Crippen LogP contribution in [0.4, 0.5) is 0 Å². The largest absolute Gasteiger partial charge is 0.452 e. The molecule has 0 saturated carbocycles. The van der Waals surface area contributed by atoms with E-state index in [0.717, 1.165) is 42.6 Å². The quantitative estimate of drug-likeness (QED) is 0.661. The number of nitrogens with zero attached hydrogens (tertiary/aromatic N) is 1. The highest BCUT2D eigenvalue weighted by molar-refractivity contribution is 5.94. The van der Waals surface area contributed by atoms with Crippen LogP contribution in [0.25, 0.3) is 11.1 Å². The van der Waals surface area contributed by atoms with Gasteiger partial charge in [0.1, 0.15) is 12.5 Å². The summed E-state index contributed by atoms with van der Waals surface area (Å²) in [7, 11) is 0. The fourth-order valence-electron chi connectivity index (χ4n) is 4.89. The van der Waals surface area contributed by atoms with Crippen LogP contribution in [0.3, 0.4) is 0 Å². The molecule has 1 fully saturated rings. The summed E-state index contributed by atoms with van der Waals surface area (Å²) in [5.74, 6) is -0.973. The van der Waals surface area contributed by atoms with Gasteiger partial charge in [-0.25, -0.2) is 0 Å². The van der Waals surface area contributed by atoms with E-state index in [1.807, 2.05) is 43.3 Å². The zero-order valence-electron chi connectivity index (χ0n) is 18.6. The minimum absolute atomic E-state index is 0.0466. The topological polar surface area (TPSA) is 81.9 Å². The van der Waals surface area contributed by atoms with Crippen LogP contribution < -0.4 is 5.73 Å². The first kappa shape index (κ1) is 22.1. The molecule has 1 amide bonds. The first-order valence-electron chi connectivity index (χ1n) is 11.1.